The van der Waals surface area contributed by atoms with Gasteiger partial charge in [-0.05, 0) is 25.7 Å². The minimum atomic E-state index is -0.881. The maximum absolute atomic E-state index is 11.3. The Balaban J connectivity index is 2.43. The average Bonchev–Trinajstić information content (AvgIpc) is 2.28. The van der Waals surface area contributed by atoms with Crippen LogP contribution in [0.5, 0.6) is 0 Å². The summed E-state index contributed by atoms with van der Waals surface area (Å²) in [5.41, 5.74) is 5.65. The Morgan fingerprint density at radius 2 is 2.07 bits per heavy atom. The Bertz CT molecular complexity index is 202. The van der Waals surface area contributed by atoms with E-state index in [4.69, 9.17) is 10.5 Å². The molecule has 0 aliphatic heterocycles. The largest absolute Gasteiger partial charge is 0.465 e. The van der Waals surface area contributed by atoms with Crippen LogP contribution in [-0.4, -0.2) is 29.8 Å². The molecule has 88 valence electrons. The third kappa shape index (κ3) is 3.47. The topological polar surface area (TPSA) is 72.5 Å². The highest BCUT2D eigenvalue weighted by molar-refractivity contribution is 5.76. The van der Waals surface area contributed by atoms with E-state index in [1.54, 1.807) is 6.92 Å². The lowest BCUT2D eigenvalue weighted by Crippen LogP contribution is -2.47. The molecule has 3 N–H and O–H groups in total. The second kappa shape index (κ2) is 6.08. The number of ether oxygens (including phenoxy) is 1. The van der Waals surface area contributed by atoms with Crippen LogP contribution in [0.4, 0.5) is 0 Å². The van der Waals surface area contributed by atoms with Gasteiger partial charge in [0.15, 0.2) is 0 Å². The van der Waals surface area contributed by atoms with Crippen molar-refractivity contribution in [1.29, 1.82) is 0 Å². The summed E-state index contributed by atoms with van der Waals surface area (Å²) >= 11 is 0. The molecule has 4 nitrogen and oxygen atoms in total. The third-order valence-electron chi connectivity index (χ3n) is 3.06. The summed E-state index contributed by atoms with van der Waals surface area (Å²) in [7, 11) is 0. The van der Waals surface area contributed by atoms with Gasteiger partial charge in [-0.1, -0.05) is 19.3 Å². The number of esters is 1. The fourth-order valence-electron chi connectivity index (χ4n) is 2.15. The van der Waals surface area contributed by atoms with Crippen LogP contribution in [-0.2, 0) is 9.53 Å². The van der Waals surface area contributed by atoms with E-state index in [2.05, 4.69) is 0 Å². The van der Waals surface area contributed by atoms with Crippen molar-refractivity contribution in [2.45, 2.75) is 51.2 Å². The lowest BCUT2D eigenvalue weighted by molar-refractivity contribution is -0.148. The molecule has 0 spiro atoms. The van der Waals surface area contributed by atoms with Crippen molar-refractivity contribution in [3.8, 4) is 0 Å². The first-order valence-electron chi connectivity index (χ1n) is 5.77. The summed E-state index contributed by atoms with van der Waals surface area (Å²) in [6.45, 7) is 2.04. The molecule has 0 bridgehead atoms. The van der Waals surface area contributed by atoms with Gasteiger partial charge in [-0.3, -0.25) is 4.79 Å². The van der Waals surface area contributed by atoms with E-state index in [1.165, 1.54) is 6.42 Å². The monoisotopic (exact) mass is 215 g/mol. The van der Waals surface area contributed by atoms with Gasteiger partial charge in [0.05, 0.1) is 12.7 Å². The van der Waals surface area contributed by atoms with E-state index in [-0.39, 0.29) is 5.92 Å². The van der Waals surface area contributed by atoms with Crippen LogP contribution in [0.15, 0.2) is 0 Å². The van der Waals surface area contributed by atoms with Crippen LogP contribution in [0.2, 0.25) is 0 Å². The number of hydrogen-bond acceptors (Lipinski definition) is 4. The van der Waals surface area contributed by atoms with Gasteiger partial charge in [-0.25, -0.2) is 0 Å². The molecule has 2 atom stereocenters. The second-order valence-corrected chi connectivity index (χ2v) is 4.17. The van der Waals surface area contributed by atoms with Crippen LogP contribution in [0.3, 0.4) is 0 Å². The van der Waals surface area contributed by atoms with E-state index < -0.39 is 18.1 Å². The fourth-order valence-corrected chi connectivity index (χ4v) is 2.15. The maximum atomic E-state index is 11.3. The van der Waals surface area contributed by atoms with Crippen molar-refractivity contribution in [3.05, 3.63) is 0 Å². The zero-order chi connectivity index (χ0) is 11.3. The summed E-state index contributed by atoms with van der Waals surface area (Å²) in [5.74, 6) is -0.325. The van der Waals surface area contributed by atoms with Crippen LogP contribution >= 0.6 is 0 Å². The number of aliphatic hydroxyl groups is 1. The van der Waals surface area contributed by atoms with Crippen molar-refractivity contribution in [2.75, 3.05) is 6.61 Å². The highest BCUT2D eigenvalue weighted by atomic mass is 16.5. The molecular weight excluding hydrogens is 194 g/mol. The molecule has 0 aromatic carbocycles. The van der Waals surface area contributed by atoms with Gasteiger partial charge in [0.2, 0.25) is 0 Å². The first-order valence-corrected chi connectivity index (χ1v) is 5.77. The van der Waals surface area contributed by atoms with Crippen LogP contribution in [0.1, 0.15) is 39.0 Å². The summed E-state index contributed by atoms with van der Waals surface area (Å²) in [6.07, 6.45) is 4.65. The van der Waals surface area contributed by atoms with Gasteiger partial charge in [-0.2, -0.15) is 0 Å². The number of carbonyl (C=O) groups is 1. The quantitative estimate of drug-likeness (QED) is 0.681. The van der Waals surface area contributed by atoms with E-state index in [0.717, 1.165) is 25.7 Å². The zero-order valence-corrected chi connectivity index (χ0v) is 9.32. The van der Waals surface area contributed by atoms with Crippen molar-refractivity contribution in [1.82, 2.24) is 0 Å². The molecule has 1 fully saturated rings. The first-order chi connectivity index (χ1) is 7.16. The number of carbonyl (C=O) groups excluding carboxylic acids is 1. The SMILES string of the molecule is CCOC(=O)[C@@H](N)[C@@H](O)C1CCCCC1. The summed E-state index contributed by atoms with van der Waals surface area (Å²) < 4.78 is 4.79. The molecule has 0 aromatic heterocycles. The summed E-state index contributed by atoms with van der Waals surface area (Å²) in [4.78, 5) is 11.3. The van der Waals surface area contributed by atoms with E-state index >= 15 is 0 Å². The van der Waals surface area contributed by atoms with Crippen LogP contribution in [0.25, 0.3) is 0 Å². The van der Waals surface area contributed by atoms with E-state index in [0.29, 0.717) is 6.61 Å². The van der Waals surface area contributed by atoms with Crippen molar-refractivity contribution >= 4 is 5.97 Å². The van der Waals surface area contributed by atoms with Gasteiger partial charge in [0.25, 0.3) is 0 Å². The molecule has 15 heavy (non-hydrogen) atoms. The van der Waals surface area contributed by atoms with E-state index in [9.17, 15) is 9.90 Å². The molecule has 0 unspecified atom stereocenters. The number of rotatable bonds is 4. The molecule has 0 radical (unpaired) electrons. The predicted octanol–water partition coefficient (Wildman–Crippen LogP) is 0.818. The minimum Gasteiger partial charge on any atom is -0.465 e. The Morgan fingerprint density at radius 3 is 2.60 bits per heavy atom. The Morgan fingerprint density at radius 1 is 1.47 bits per heavy atom. The maximum Gasteiger partial charge on any atom is 0.325 e. The lowest BCUT2D eigenvalue weighted by Gasteiger charge is -2.29. The average molecular weight is 215 g/mol. The van der Waals surface area contributed by atoms with Gasteiger partial charge in [-0.15, -0.1) is 0 Å². The summed E-state index contributed by atoms with van der Waals surface area (Å²) in [5, 5.41) is 9.91. The highest BCUT2D eigenvalue weighted by Gasteiger charge is 2.31. The smallest absolute Gasteiger partial charge is 0.325 e. The van der Waals surface area contributed by atoms with Crippen LogP contribution < -0.4 is 5.73 Å². The van der Waals surface area contributed by atoms with Crippen molar-refractivity contribution in [2.24, 2.45) is 11.7 Å². The first kappa shape index (κ1) is 12.5. The Labute approximate surface area is 90.8 Å². The van der Waals surface area contributed by atoms with Gasteiger partial charge >= 0.3 is 5.97 Å². The predicted molar refractivity (Wildman–Crippen MR) is 57.2 cm³/mol. The zero-order valence-electron chi connectivity index (χ0n) is 9.32. The summed E-state index contributed by atoms with van der Waals surface area (Å²) in [6, 6.07) is -0.881. The van der Waals surface area contributed by atoms with Gasteiger partial charge in [0, 0.05) is 0 Å². The van der Waals surface area contributed by atoms with Crippen molar-refractivity contribution < 1.29 is 14.6 Å². The van der Waals surface area contributed by atoms with Crippen molar-refractivity contribution in [3.63, 3.8) is 0 Å². The molecular formula is C11H21NO3. The highest BCUT2D eigenvalue weighted by Crippen LogP contribution is 2.27. The molecule has 1 aliphatic rings. The second-order valence-electron chi connectivity index (χ2n) is 4.17. The van der Waals surface area contributed by atoms with Crippen LogP contribution in [0, 0.1) is 5.92 Å². The fraction of sp³-hybridized carbons (Fsp3) is 0.909. The molecule has 0 aromatic rings. The molecule has 1 saturated carbocycles. The van der Waals surface area contributed by atoms with Gasteiger partial charge in [0.1, 0.15) is 6.04 Å². The molecule has 1 aliphatic carbocycles. The Kier molecular flexibility index (Phi) is 5.05. The number of nitrogens with two attached hydrogens (primary N) is 1. The molecule has 4 heteroatoms. The molecule has 0 heterocycles. The third-order valence-corrected chi connectivity index (χ3v) is 3.06. The number of aliphatic hydroxyl groups excluding tert-OH is 1. The standard InChI is InChI=1S/C11H21NO3/c1-2-15-11(14)9(12)10(13)8-6-4-3-5-7-8/h8-10,13H,2-7,12H2,1H3/t9-,10-/m0/s1. The minimum absolute atomic E-state index is 0.165. The molecule has 0 amide bonds. The lowest BCUT2D eigenvalue weighted by atomic mass is 9.83. The Hall–Kier alpha value is -0.610. The van der Waals surface area contributed by atoms with E-state index in [1.807, 2.05) is 0 Å². The normalized spacial score (nSPS) is 22.1. The molecule has 0 saturated heterocycles. The number of hydrogen-bond donors (Lipinski definition) is 2. The van der Waals surface area contributed by atoms with Gasteiger partial charge < -0.3 is 15.6 Å². The molecule has 1 rings (SSSR count).